The molecule has 1 fully saturated rings. The van der Waals surface area contributed by atoms with Gasteiger partial charge in [0.1, 0.15) is 0 Å². The fourth-order valence-corrected chi connectivity index (χ4v) is 2.99. The summed E-state index contributed by atoms with van der Waals surface area (Å²) in [6, 6.07) is 3.98. The van der Waals surface area contributed by atoms with E-state index < -0.39 is 0 Å². The number of carbonyl (C=O) groups excluding carboxylic acids is 1. The summed E-state index contributed by atoms with van der Waals surface area (Å²) < 4.78 is 1.83. The van der Waals surface area contributed by atoms with E-state index in [2.05, 4.69) is 15.3 Å². The number of carbonyl (C=O) groups is 1. The van der Waals surface area contributed by atoms with Gasteiger partial charge in [0.2, 0.25) is 5.91 Å². The third-order valence-electron chi connectivity index (χ3n) is 4.25. The van der Waals surface area contributed by atoms with Gasteiger partial charge in [0.25, 0.3) is 0 Å². The van der Waals surface area contributed by atoms with Crippen molar-refractivity contribution in [3.05, 3.63) is 35.9 Å². The first-order valence-electron chi connectivity index (χ1n) is 7.48. The van der Waals surface area contributed by atoms with Crippen LogP contribution >= 0.6 is 0 Å². The largest absolute Gasteiger partial charge is 0.342 e. The summed E-state index contributed by atoms with van der Waals surface area (Å²) in [6.07, 6.45) is 7.03. The second-order valence-corrected chi connectivity index (χ2v) is 5.64. The van der Waals surface area contributed by atoms with E-state index in [0.717, 1.165) is 43.7 Å². The van der Waals surface area contributed by atoms with Crippen LogP contribution < -0.4 is 0 Å². The highest BCUT2D eigenvalue weighted by Gasteiger charge is 2.25. The van der Waals surface area contributed by atoms with Crippen LogP contribution in [0.15, 0.2) is 24.5 Å². The van der Waals surface area contributed by atoms with Crippen molar-refractivity contribution in [3.8, 4) is 0 Å². The molecule has 1 amide bonds. The Morgan fingerprint density at radius 3 is 3.05 bits per heavy atom. The van der Waals surface area contributed by atoms with Gasteiger partial charge in [-0.05, 0) is 31.4 Å². The maximum atomic E-state index is 12.4. The molecule has 2 aromatic rings. The summed E-state index contributed by atoms with van der Waals surface area (Å²) in [5.74, 6) is 0.627. The number of amides is 1. The van der Waals surface area contributed by atoms with Crippen LogP contribution in [-0.4, -0.2) is 43.9 Å². The Hall–Kier alpha value is -2.11. The average molecular weight is 287 g/mol. The molecule has 3 heterocycles. The first-order valence-corrected chi connectivity index (χ1v) is 7.48. The lowest BCUT2D eigenvalue weighted by atomic mass is 9.94. The van der Waals surface area contributed by atoms with E-state index in [4.69, 9.17) is 0 Å². The summed E-state index contributed by atoms with van der Waals surface area (Å²) in [5, 5.41) is 11.2. The van der Waals surface area contributed by atoms with Crippen molar-refractivity contribution < 1.29 is 4.79 Å². The first kappa shape index (κ1) is 13.9. The molecule has 1 saturated heterocycles. The molecule has 21 heavy (non-hydrogen) atoms. The zero-order valence-electron chi connectivity index (χ0n) is 12.3. The standard InChI is InChI=1S/C15H21N5O/c1-19-13(6-9-17-19)4-5-15(21)20-10-2-3-12(11-20)14-7-8-16-18-14/h6-9,12H,2-5,10-11H2,1H3,(H,16,18)/t12-/m0/s1. The number of nitrogens with zero attached hydrogens (tertiary/aromatic N) is 4. The molecule has 112 valence electrons. The monoisotopic (exact) mass is 287 g/mol. The zero-order chi connectivity index (χ0) is 14.7. The van der Waals surface area contributed by atoms with Crippen molar-refractivity contribution in [1.29, 1.82) is 0 Å². The van der Waals surface area contributed by atoms with Gasteiger partial charge in [-0.15, -0.1) is 0 Å². The van der Waals surface area contributed by atoms with Crippen molar-refractivity contribution in [2.75, 3.05) is 13.1 Å². The van der Waals surface area contributed by atoms with Crippen LogP contribution in [0.4, 0.5) is 0 Å². The fourth-order valence-electron chi connectivity index (χ4n) is 2.99. The van der Waals surface area contributed by atoms with Crippen LogP contribution in [-0.2, 0) is 18.3 Å². The molecular weight excluding hydrogens is 266 g/mol. The lowest BCUT2D eigenvalue weighted by Crippen LogP contribution is -2.39. The normalized spacial score (nSPS) is 18.9. The van der Waals surface area contributed by atoms with Crippen molar-refractivity contribution in [2.45, 2.75) is 31.6 Å². The minimum Gasteiger partial charge on any atom is -0.342 e. The highest BCUT2D eigenvalue weighted by Crippen LogP contribution is 2.25. The molecule has 1 N–H and O–H groups in total. The van der Waals surface area contributed by atoms with E-state index in [9.17, 15) is 4.79 Å². The molecule has 0 unspecified atom stereocenters. The van der Waals surface area contributed by atoms with Crippen LogP contribution in [0.5, 0.6) is 0 Å². The molecule has 3 rings (SSSR count). The van der Waals surface area contributed by atoms with Crippen LogP contribution in [0, 0.1) is 0 Å². The fraction of sp³-hybridized carbons (Fsp3) is 0.533. The van der Waals surface area contributed by atoms with Crippen molar-refractivity contribution in [1.82, 2.24) is 24.9 Å². The predicted octanol–water partition coefficient (Wildman–Crippen LogP) is 1.48. The Morgan fingerprint density at radius 1 is 1.43 bits per heavy atom. The minimum absolute atomic E-state index is 0.236. The highest BCUT2D eigenvalue weighted by molar-refractivity contribution is 5.76. The molecule has 1 atom stereocenters. The van der Waals surface area contributed by atoms with E-state index in [1.165, 1.54) is 0 Å². The molecule has 1 aliphatic heterocycles. The molecule has 0 aromatic carbocycles. The summed E-state index contributed by atoms with van der Waals surface area (Å²) >= 11 is 0. The number of aromatic nitrogens is 4. The second kappa shape index (κ2) is 6.11. The number of likely N-dealkylation sites (tertiary alicyclic amines) is 1. The van der Waals surface area contributed by atoms with E-state index in [-0.39, 0.29) is 5.91 Å². The summed E-state index contributed by atoms with van der Waals surface area (Å²) in [4.78, 5) is 14.4. The number of piperidine rings is 1. The van der Waals surface area contributed by atoms with E-state index >= 15 is 0 Å². The Morgan fingerprint density at radius 2 is 2.33 bits per heavy atom. The van der Waals surface area contributed by atoms with E-state index in [0.29, 0.717) is 12.3 Å². The van der Waals surface area contributed by atoms with Gasteiger partial charge in [0, 0.05) is 56.3 Å². The maximum Gasteiger partial charge on any atom is 0.222 e. The smallest absolute Gasteiger partial charge is 0.222 e. The molecule has 0 saturated carbocycles. The number of H-pyrrole nitrogens is 1. The van der Waals surface area contributed by atoms with Crippen LogP contribution in [0.3, 0.4) is 0 Å². The topological polar surface area (TPSA) is 66.8 Å². The van der Waals surface area contributed by atoms with Crippen molar-refractivity contribution >= 4 is 5.91 Å². The number of hydrogen-bond acceptors (Lipinski definition) is 3. The number of hydrogen-bond donors (Lipinski definition) is 1. The Balaban J connectivity index is 1.56. The highest BCUT2D eigenvalue weighted by atomic mass is 16.2. The molecule has 6 nitrogen and oxygen atoms in total. The van der Waals surface area contributed by atoms with Gasteiger partial charge in [-0.2, -0.15) is 10.2 Å². The van der Waals surface area contributed by atoms with Crippen LogP contribution in [0.25, 0.3) is 0 Å². The van der Waals surface area contributed by atoms with Gasteiger partial charge in [-0.3, -0.25) is 14.6 Å². The van der Waals surface area contributed by atoms with Crippen LogP contribution in [0.2, 0.25) is 0 Å². The van der Waals surface area contributed by atoms with Gasteiger partial charge < -0.3 is 4.90 Å². The van der Waals surface area contributed by atoms with Gasteiger partial charge in [0.15, 0.2) is 0 Å². The summed E-state index contributed by atoms with van der Waals surface area (Å²) in [5.41, 5.74) is 2.24. The first-order chi connectivity index (χ1) is 10.2. The number of aromatic amines is 1. The third-order valence-corrected chi connectivity index (χ3v) is 4.25. The third kappa shape index (κ3) is 3.15. The average Bonchev–Trinajstić information content (AvgIpc) is 3.16. The maximum absolute atomic E-state index is 12.4. The zero-order valence-corrected chi connectivity index (χ0v) is 12.3. The summed E-state index contributed by atoms with van der Waals surface area (Å²) in [7, 11) is 1.91. The number of aryl methyl sites for hydroxylation is 2. The SMILES string of the molecule is Cn1nccc1CCC(=O)N1CCC[C@H](c2ccn[nH]2)C1. The van der Waals surface area contributed by atoms with Crippen molar-refractivity contribution in [3.63, 3.8) is 0 Å². The molecule has 2 aromatic heterocycles. The van der Waals surface area contributed by atoms with Crippen molar-refractivity contribution in [2.24, 2.45) is 7.05 Å². The number of rotatable bonds is 4. The quantitative estimate of drug-likeness (QED) is 0.926. The van der Waals surface area contributed by atoms with E-state index in [1.54, 1.807) is 12.4 Å². The van der Waals surface area contributed by atoms with Gasteiger partial charge in [0.05, 0.1) is 0 Å². The number of nitrogens with one attached hydrogen (secondary N) is 1. The second-order valence-electron chi connectivity index (χ2n) is 5.64. The Kier molecular flexibility index (Phi) is 4.03. The molecule has 0 aliphatic carbocycles. The van der Waals surface area contributed by atoms with Gasteiger partial charge in [-0.25, -0.2) is 0 Å². The molecule has 0 bridgehead atoms. The lowest BCUT2D eigenvalue weighted by molar-refractivity contribution is -0.132. The molecular formula is C15H21N5O. The van der Waals surface area contributed by atoms with E-state index in [1.807, 2.05) is 28.8 Å². The predicted molar refractivity (Wildman–Crippen MR) is 78.7 cm³/mol. The lowest BCUT2D eigenvalue weighted by Gasteiger charge is -2.32. The summed E-state index contributed by atoms with van der Waals surface area (Å²) in [6.45, 7) is 1.67. The molecule has 0 radical (unpaired) electrons. The van der Waals surface area contributed by atoms with Gasteiger partial charge >= 0.3 is 0 Å². The Labute approximate surface area is 124 Å². The molecule has 1 aliphatic rings. The molecule has 6 heteroatoms. The van der Waals surface area contributed by atoms with Crippen LogP contribution in [0.1, 0.15) is 36.6 Å². The minimum atomic E-state index is 0.236. The van der Waals surface area contributed by atoms with Gasteiger partial charge in [-0.1, -0.05) is 0 Å². The Bertz CT molecular complexity index is 589. The molecule has 0 spiro atoms.